The van der Waals surface area contributed by atoms with Gasteiger partial charge in [-0.25, -0.2) is 0 Å². The molecular weight excluding hydrogens is 242 g/mol. The number of esters is 1. The molecule has 0 radical (unpaired) electrons. The summed E-state index contributed by atoms with van der Waals surface area (Å²) >= 11 is 0. The molecule has 1 aromatic rings. The minimum atomic E-state index is -0.594. The number of rotatable bonds is 4. The fraction of sp³-hybridized carbons (Fsp3) is 0.533. The normalized spacial score (nSPS) is 21.6. The summed E-state index contributed by atoms with van der Waals surface area (Å²) in [7, 11) is 3.10. The molecule has 0 spiro atoms. The van der Waals surface area contributed by atoms with Crippen molar-refractivity contribution in [2.45, 2.75) is 31.7 Å². The van der Waals surface area contributed by atoms with E-state index in [0.29, 0.717) is 6.42 Å². The lowest BCUT2D eigenvalue weighted by atomic mass is 9.77. The number of fused-ring (bicyclic) bond motifs is 1. The first-order chi connectivity index (χ1) is 9.15. The number of likely N-dealkylation sites (N-methyl/N-ethyl adjacent to an activating group) is 1. The molecule has 0 aliphatic heterocycles. The first-order valence-electron chi connectivity index (χ1n) is 6.64. The Balaban J connectivity index is 2.33. The maximum Gasteiger partial charge on any atom is 0.326 e. The maximum absolute atomic E-state index is 12.1. The third kappa shape index (κ3) is 2.59. The van der Waals surface area contributed by atoms with Gasteiger partial charge in [0.1, 0.15) is 11.3 Å². The zero-order chi connectivity index (χ0) is 13.9. The van der Waals surface area contributed by atoms with Gasteiger partial charge >= 0.3 is 5.97 Å². The van der Waals surface area contributed by atoms with E-state index < -0.39 is 5.54 Å². The molecule has 2 rings (SSSR count). The number of methoxy groups -OCH3 is 2. The van der Waals surface area contributed by atoms with E-state index in [4.69, 9.17) is 9.47 Å². The van der Waals surface area contributed by atoms with Crippen molar-refractivity contribution in [1.82, 2.24) is 5.32 Å². The number of benzene rings is 1. The molecule has 1 N–H and O–H groups in total. The Bertz CT molecular complexity index is 472. The Morgan fingerprint density at radius 3 is 2.79 bits per heavy atom. The lowest BCUT2D eigenvalue weighted by Gasteiger charge is -2.36. The molecule has 104 valence electrons. The molecule has 4 heteroatoms. The largest absolute Gasteiger partial charge is 0.497 e. The van der Waals surface area contributed by atoms with Crippen LogP contribution in [0.3, 0.4) is 0 Å². The van der Waals surface area contributed by atoms with Crippen molar-refractivity contribution in [3.63, 3.8) is 0 Å². The molecule has 0 aromatic heterocycles. The lowest BCUT2D eigenvalue weighted by molar-refractivity contribution is -0.149. The van der Waals surface area contributed by atoms with Gasteiger partial charge in [0.25, 0.3) is 0 Å². The summed E-state index contributed by atoms with van der Waals surface area (Å²) < 4.78 is 10.2. The zero-order valence-corrected chi connectivity index (χ0v) is 11.8. The van der Waals surface area contributed by atoms with Crippen molar-refractivity contribution in [2.75, 3.05) is 20.8 Å². The summed E-state index contributed by atoms with van der Waals surface area (Å²) in [4.78, 5) is 12.1. The average Bonchev–Trinajstić information content (AvgIpc) is 2.45. The third-order valence-electron chi connectivity index (χ3n) is 3.82. The lowest BCUT2D eigenvalue weighted by Crippen LogP contribution is -2.56. The van der Waals surface area contributed by atoms with Crippen molar-refractivity contribution in [3.05, 3.63) is 29.3 Å². The van der Waals surface area contributed by atoms with Crippen molar-refractivity contribution in [1.29, 1.82) is 0 Å². The summed E-state index contributed by atoms with van der Waals surface area (Å²) in [5.74, 6) is 0.652. The van der Waals surface area contributed by atoms with E-state index in [1.807, 2.05) is 19.1 Å². The van der Waals surface area contributed by atoms with Crippen LogP contribution in [-0.2, 0) is 22.4 Å². The van der Waals surface area contributed by atoms with Crippen LogP contribution in [0.15, 0.2) is 18.2 Å². The molecule has 0 saturated heterocycles. The Morgan fingerprint density at radius 1 is 1.37 bits per heavy atom. The van der Waals surface area contributed by atoms with Crippen molar-refractivity contribution < 1.29 is 14.3 Å². The second-order valence-electron chi connectivity index (χ2n) is 4.92. The van der Waals surface area contributed by atoms with Crippen LogP contribution in [0.4, 0.5) is 0 Å². The van der Waals surface area contributed by atoms with Gasteiger partial charge < -0.3 is 14.8 Å². The van der Waals surface area contributed by atoms with Crippen molar-refractivity contribution in [2.24, 2.45) is 0 Å². The summed E-state index contributed by atoms with van der Waals surface area (Å²) in [6.45, 7) is 2.75. The molecule has 1 aliphatic carbocycles. The molecule has 1 aliphatic rings. The van der Waals surface area contributed by atoms with Gasteiger partial charge in [-0.3, -0.25) is 4.79 Å². The van der Waals surface area contributed by atoms with Crippen molar-refractivity contribution in [3.8, 4) is 5.75 Å². The van der Waals surface area contributed by atoms with Gasteiger partial charge in [0.2, 0.25) is 0 Å². The molecule has 0 saturated carbocycles. The van der Waals surface area contributed by atoms with Gasteiger partial charge in [-0.2, -0.15) is 0 Å². The molecule has 4 nitrogen and oxygen atoms in total. The zero-order valence-electron chi connectivity index (χ0n) is 11.8. The number of hydrogen-bond acceptors (Lipinski definition) is 4. The highest BCUT2D eigenvalue weighted by Crippen LogP contribution is 2.32. The summed E-state index contributed by atoms with van der Waals surface area (Å²) in [6.07, 6.45) is 2.30. The van der Waals surface area contributed by atoms with Gasteiger partial charge in [0.05, 0.1) is 14.2 Å². The number of carbonyl (C=O) groups excluding carboxylic acids is 1. The number of aryl methyl sites for hydroxylation is 1. The molecule has 1 aromatic carbocycles. The molecule has 0 amide bonds. The van der Waals surface area contributed by atoms with Gasteiger partial charge in [-0.1, -0.05) is 13.0 Å². The Morgan fingerprint density at radius 2 is 2.16 bits per heavy atom. The van der Waals surface area contributed by atoms with E-state index in [1.54, 1.807) is 7.11 Å². The van der Waals surface area contributed by atoms with Crippen molar-refractivity contribution >= 4 is 5.97 Å². The minimum Gasteiger partial charge on any atom is -0.497 e. The van der Waals surface area contributed by atoms with Crippen LogP contribution in [0.2, 0.25) is 0 Å². The van der Waals surface area contributed by atoms with Crippen LogP contribution >= 0.6 is 0 Å². The van der Waals surface area contributed by atoms with E-state index >= 15 is 0 Å². The molecule has 0 heterocycles. The minimum absolute atomic E-state index is 0.178. The predicted molar refractivity (Wildman–Crippen MR) is 73.4 cm³/mol. The second-order valence-corrected chi connectivity index (χ2v) is 4.92. The molecule has 1 atom stereocenters. The highest BCUT2D eigenvalue weighted by Gasteiger charge is 2.41. The molecule has 1 unspecified atom stereocenters. The third-order valence-corrected chi connectivity index (χ3v) is 3.82. The van der Waals surface area contributed by atoms with E-state index in [9.17, 15) is 4.79 Å². The standard InChI is InChI=1S/C15H21NO3/c1-4-16-15(14(17)19-3)8-7-11-5-6-13(18-2)9-12(11)10-15/h5-6,9,16H,4,7-8,10H2,1-3H3. The van der Waals surface area contributed by atoms with E-state index in [2.05, 4.69) is 11.4 Å². The Kier molecular flexibility index (Phi) is 4.10. The first kappa shape index (κ1) is 13.9. The Labute approximate surface area is 114 Å². The van der Waals surface area contributed by atoms with E-state index in [1.165, 1.54) is 12.7 Å². The van der Waals surface area contributed by atoms with Gasteiger partial charge in [0.15, 0.2) is 0 Å². The highest BCUT2D eigenvalue weighted by molar-refractivity contribution is 5.82. The first-order valence-corrected chi connectivity index (χ1v) is 6.64. The van der Waals surface area contributed by atoms with Crippen LogP contribution in [0.1, 0.15) is 24.5 Å². The number of nitrogens with one attached hydrogen (secondary N) is 1. The number of ether oxygens (including phenoxy) is 2. The second kappa shape index (κ2) is 5.61. The highest BCUT2D eigenvalue weighted by atomic mass is 16.5. The fourth-order valence-electron chi connectivity index (χ4n) is 2.83. The van der Waals surface area contributed by atoms with Gasteiger partial charge in [0, 0.05) is 6.42 Å². The number of carbonyl (C=O) groups is 1. The molecule has 19 heavy (non-hydrogen) atoms. The van der Waals surface area contributed by atoms with E-state index in [-0.39, 0.29) is 5.97 Å². The fourth-order valence-corrected chi connectivity index (χ4v) is 2.83. The summed E-state index contributed by atoms with van der Waals surface area (Å²) in [5.41, 5.74) is 1.86. The quantitative estimate of drug-likeness (QED) is 0.840. The van der Waals surface area contributed by atoms with Crippen LogP contribution in [0, 0.1) is 0 Å². The average molecular weight is 263 g/mol. The SMILES string of the molecule is CCNC1(C(=O)OC)CCc2ccc(OC)cc2C1. The predicted octanol–water partition coefficient (Wildman–Crippen LogP) is 1.71. The van der Waals surface area contributed by atoms with Crippen LogP contribution in [0.25, 0.3) is 0 Å². The summed E-state index contributed by atoms with van der Waals surface area (Å²) in [5, 5.41) is 3.31. The molecule has 0 fully saturated rings. The number of hydrogen-bond donors (Lipinski definition) is 1. The van der Waals surface area contributed by atoms with Crippen LogP contribution in [0.5, 0.6) is 5.75 Å². The van der Waals surface area contributed by atoms with Gasteiger partial charge in [-0.15, -0.1) is 0 Å². The van der Waals surface area contributed by atoms with Gasteiger partial charge in [-0.05, 0) is 42.6 Å². The van der Waals surface area contributed by atoms with Crippen LogP contribution in [-0.4, -0.2) is 32.3 Å². The smallest absolute Gasteiger partial charge is 0.326 e. The maximum atomic E-state index is 12.1. The Hall–Kier alpha value is -1.55. The monoisotopic (exact) mass is 263 g/mol. The van der Waals surface area contributed by atoms with Crippen LogP contribution < -0.4 is 10.1 Å². The topological polar surface area (TPSA) is 47.6 Å². The molecule has 0 bridgehead atoms. The summed E-state index contributed by atoms with van der Waals surface area (Å²) in [6, 6.07) is 6.07. The molecular formula is C15H21NO3. The van der Waals surface area contributed by atoms with E-state index in [0.717, 1.165) is 30.7 Å².